The van der Waals surface area contributed by atoms with Crippen LogP contribution in [0.25, 0.3) is 11.2 Å². The van der Waals surface area contributed by atoms with Crippen molar-refractivity contribution >= 4 is 42.1 Å². The molecule has 3 atom stereocenters. The molecular weight excluding hydrogens is 422 g/mol. The second-order valence-corrected chi connectivity index (χ2v) is 8.23. The fourth-order valence-electron chi connectivity index (χ4n) is 2.99. The van der Waals surface area contributed by atoms with Gasteiger partial charge in [0.15, 0.2) is 0 Å². The van der Waals surface area contributed by atoms with E-state index in [1.807, 2.05) is 0 Å². The molecule has 3 heterocycles. The molecule has 0 bridgehead atoms. The molecule has 4 rings (SSSR count). The predicted molar refractivity (Wildman–Crippen MR) is 96.4 cm³/mol. The van der Waals surface area contributed by atoms with Crippen molar-refractivity contribution in [3.63, 3.8) is 0 Å². The van der Waals surface area contributed by atoms with Gasteiger partial charge in [-0.05, 0) is 0 Å². The monoisotopic (exact) mass is 438 g/mol. The van der Waals surface area contributed by atoms with Crippen LogP contribution >= 0.6 is 0 Å². The zero-order valence-corrected chi connectivity index (χ0v) is 15.6. The van der Waals surface area contributed by atoms with E-state index in [-0.39, 0.29) is 32.9 Å². The normalized spacial score (nSPS) is 22.3. The van der Waals surface area contributed by atoms with Gasteiger partial charge in [0, 0.05) is 0 Å². The number of halogens is 1. The maximum absolute atomic E-state index is 14.5. The van der Waals surface area contributed by atoms with Crippen LogP contribution in [0.2, 0.25) is 5.32 Å². The number of nitro benzene ring substituents is 1. The minimum atomic E-state index is -1.17. The van der Waals surface area contributed by atoms with E-state index in [9.17, 15) is 14.5 Å². The third-order valence-corrected chi connectivity index (χ3v) is 6.74. The molecule has 1 unspecified atom stereocenters. The Morgan fingerprint density at radius 1 is 1.37 bits per heavy atom. The van der Waals surface area contributed by atoms with Crippen LogP contribution in [0.3, 0.4) is 0 Å². The van der Waals surface area contributed by atoms with Crippen LogP contribution in [-0.4, -0.2) is 51.7 Å². The van der Waals surface area contributed by atoms with E-state index in [1.54, 1.807) is 22.8 Å². The van der Waals surface area contributed by atoms with E-state index in [0.717, 1.165) is 0 Å². The molecule has 11 heteroatoms. The molecule has 27 heavy (non-hydrogen) atoms. The molecule has 3 aromatic rings. The van der Waals surface area contributed by atoms with Gasteiger partial charge in [-0.25, -0.2) is 0 Å². The number of nitro groups is 1. The van der Waals surface area contributed by atoms with E-state index < -0.39 is 23.4 Å². The number of alkyl halides is 1. The van der Waals surface area contributed by atoms with Crippen molar-refractivity contribution in [2.24, 2.45) is 0 Å². The molecular formula is C16H15FN6O3Se. The summed E-state index contributed by atoms with van der Waals surface area (Å²) < 4.78 is 22.7. The number of nitrogens with two attached hydrogens (primary N) is 1. The fraction of sp³-hybridized carbons (Fsp3) is 0.312. The molecule has 1 aromatic carbocycles. The molecule has 2 N–H and O–H groups in total. The molecule has 1 aliphatic heterocycles. The van der Waals surface area contributed by atoms with Crippen molar-refractivity contribution in [3.05, 3.63) is 47.0 Å². The summed E-state index contributed by atoms with van der Waals surface area (Å²) in [4.78, 5) is 22.9. The quantitative estimate of drug-likeness (QED) is 0.364. The number of hydrogen-bond acceptors (Lipinski definition) is 7. The van der Waals surface area contributed by atoms with Crippen LogP contribution < -0.4 is 10.2 Å². The molecule has 0 aliphatic carbocycles. The Morgan fingerprint density at radius 2 is 2.19 bits per heavy atom. The summed E-state index contributed by atoms with van der Waals surface area (Å²) in [6, 6.07) is 6.54. The summed E-state index contributed by atoms with van der Waals surface area (Å²) in [7, 11) is 0. The first kappa shape index (κ1) is 17.8. The Hall–Kier alpha value is -2.62. The van der Waals surface area contributed by atoms with Gasteiger partial charge in [-0.15, -0.1) is 0 Å². The van der Waals surface area contributed by atoms with Crippen molar-refractivity contribution in [2.75, 3.05) is 5.73 Å². The molecule has 2 aromatic heterocycles. The number of benzene rings is 1. The second-order valence-electron chi connectivity index (χ2n) is 6.00. The molecule has 1 fully saturated rings. The fourth-order valence-corrected chi connectivity index (χ4v) is 5.29. The van der Waals surface area contributed by atoms with Gasteiger partial charge < -0.3 is 0 Å². The molecule has 0 amide bonds. The van der Waals surface area contributed by atoms with Crippen molar-refractivity contribution < 1.29 is 14.1 Å². The topological polar surface area (TPSA) is 122 Å². The number of anilines is 1. The van der Waals surface area contributed by atoms with Crippen molar-refractivity contribution in [3.8, 4) is 0 Å². The number of fused-ring (bicyclic) bond motifs is 1. The first-order valence-corrected chi connectivity index (χ1v) is 10.2. The number of para-hydroxylation sites is 1. The molecule has 1 aliphatic rings. The molecule has 9 nitrogen and oxygen atoms in total. The summed E-state index contributed by atoms with van der Waals surface area (Å²) in [6.07, 6.45) is 0.649. The van der Waals surface area contributed by atoms with Crippen LogP contribution in [0, 0.1) is 10.1 Å². The number of rotatable bonds is 5. The van der Waals surface area contributed by atoms with E-state index >= 15 is 0 Å². The van der Waals surface area contributed by atoms with Crippen molar-refractivity contribution in [2.45, 2.75) is 30.2 Å². The van der Waals surface area contributed by atoms with E-state index in [1.165, 1.54) is 18.7 Å². The predicted octanol–water partition coefficient (Wildman–Crippen LogP) is 1.39. The zero-order valence-electron chi connectivity index (χ0n) is 13.9. The van der Waals surface area contributed by atoms with Gasteiger partial charge >= 0.3 is 159 Å². The zero-order chi connectivity index (χ0) is 19.0. The van der Waals surface area contributed by atoms with Crippen LogP contribution in [0.15, 0.2) is 36.9 Å². The average molecular weight is 437 g/mol. The maximum atomic E-state index is 14.5. The SMILES string of the molecule is Nc1ncnc2c1ncn2[C@H]1CC(F)[C@@H](C[Se]c2ccccc2[N+](=O)[O-])O1. The summed E-state index contributed by atoms with van der Waals surface area (Å²) in [6.45, 7) is 0. The van der Waals surface area contributed by atoms with Crippen molar-refractivity contribution in [1.82, 2.24) is 19.5 Å². The van der Waals surface area contributed by atoms with Gasteiger partial charge in [0.1, 0.15) is 0 Å². The van der Waals surface area contributed by atoms with E-state index in [4.69, 9.17) is 10.5 Å². The summed E-state index contributed by atoms with van der Waals surface area (Å²) in [5.41, 5.74) is 6.78. The summed E-state index contributed by atoms with van der Waals surface area (Å²) >= 11 is -0.281. The Balaban J connectivity index is 1.49. The first-order chi connectivity index (χ1) is 13.0. The summed E-state index contributed by atoms with van der Waals surface area (Å²) in [5.74, 6) is 0.254. The number of nitrogens with zero attached hydrogens (tertiary/aromatic N) is 5. The van der Waals surface area contributed by atoms with Gasteiger partial charge in [-0.3, -0.25) is 0 Å². The Morgan fingerprint density at radius 3 is 3.00 bits per heavy atom. The summed E-state index contributed by atoms with van der Waals surface area (Å²) in [5, 5.41) is 11.5. The van der Waals surface area contributed by atoms with E-state index in [0.29, 0.717) is 20.9 Å². The van der Waals surface area contributed by atoms with Gasteiger partial charge in [0.2, 0.25) is 0 Å². The van der Waals surface area contributed by atoms with Gasteiger partial charge in [0.25, 0.3) is 0 Å². The standard InChI is InChI=1S/C16H15FN6O3Se/c17-9-5-13(22-8-21-14-15(18)19-7-20-16(14)22)26-11(9)6-27-12-4-2-1-3-10(12)23(24)25/h1-4,7-9,11,13H,5-6H2,(H2,18,19,20)/t9?,11-,13-/m1/s1. The van der Waals surface area contributed by atoms with Gasteiger partial charge in [0.05, 0.1) is 0 Å². The molecule has 140 valence electrons. The molecule has 0 spiro atoms. The van der Waals surface area contributed by atoms with Gasteiger partial charge in [-0.1, -0.05) is 0 Å². The van der Waals surface area contributed by atoms with Crippen LogP contribution in [0.4, 0.5) is 15.9 Å². The number of hydrogen-bond donors (Lipinski definition) is 1. The third-order valence-electron chi connectivity index (χ3n) is 4.32. The van der Waals surface area contributed by atoms with E-state index in [2.05, 4.69) is 15.0 Å². The third kappa shape index (κ3) is 3.36. The Bertz CT molecular complexity index is 999. The first-order valence-electron chi connectivity index (χ1n) is 8.13. The number of nitrogen functional groups attached to an aromatic ring is 1. The number of imidazole rings is 1. The van der Waals surface area contributed by atoms with Crippen LogP contribution in [-0.2, 0) is 4.74 Å². The molecule has 0 radical (unpaired) electrons. The molecule has 1 saturated heterocycles. The number of ether oxygens (including phenoxy) is 1. The Labute approximate surface area is 159 Å². The molecule has 0 saturated carbocycles. The average Bonchev–Trinajstić information content (AvgIpc) is 3.24. The van der Waals surface area contributed by atoms with Gasteiger partial charge in [-0.2, -0.15) is 0 Å². The van der Waals surface area contributed by atoms with Crippen LogP contribution in [0.1, 0.15) is 12.6 Å². The second kappa shape index (κ2) is 7.18. The minimum absolute atomic E-state index is 0.0650. The number of aromatic nitrogens is 4. The Kier molecular flexibility index (Phi) is 4.73. The van der Waals surface area contributed by atoms with Crippen LogP contribution in [0.5, 0.6) is 0 Å². The van der Waals surface area contributed by atoms with Crippen molar-refractivity contribution in [1.29, 1.82) is 0 Å².